The summed E-state index contributed by atoms with van der Waals surface area (Å²) in [7, 11) is 0. The van der Waals surface area contributed by atoms with E-state index in [9.17, 15) is 4.39 Å². The summed E-state index contributed by atoms with van der Waals surface area (Å²) in [5.74, 6) is -0.00890. The van der Waals surface area contributed by atoms with Crippen LogP contribution in [0.5, 0.6) is 0 Å². The molecule has 5 atom stereocenters. The van der Waals surface area contributed by atoms with Gasteiger partial charge in [0.1, 0.15) is 35.5 Å². The number of rotatable bonds is 4. The van der Waals surface area contributed by atoms with Gasteiger partial charge < -0.3 is 25.5 Å². The molecule has 0 bridgehead atoms. The number of hydrogen-bond acceptors (Lipinski definition) is 7. The number of ether oxygens (including phenoxy) is 2. The van der Waals surface area contributed by atoms with Crippen molar-refractivity contribution in [3.8, 4) is 0 Å². The van der Waals surface area contributed by atoms with Crippen LogP contribution in [0.3, 0.4) is 0 Å². The molecule has 1 aliphatic heterocycles. The Balaban J connectivity index is 1.24. The topological polar surface area (TPSA) is 114 Å². The third-order valence-electron chi connectivity index (χ3n) is 8.58. The summed E-state index contributed by atoms with van der Waals surface area (Å²) in [4.78, 5) is 13.1. The monoisotopic (exact) mass is 522 g/mol. The Bertz CT molecular complexity index is 1610. The van der Waals surface area contributed by atoms with Gasteiger partial charge in [-0.05, 0) is 75.8 Å². The Morgan fingerprint density at radius 1 is 1.11 bits per heavy atom. The van der Waals surface area contributed by atoms with Crippen LogP contribution in [0.4, 0.5) is 16.0 Å². The number of hydrogen-bond donors (Lipinski definition) is 2. The molecule has 4 N–H and O–H groups in total. The van der Waals surface area contributed by atoms with Gasteiger partial charge in [-0.2, -0.15) is 0 Å². The van der Waals surface area contributed by atoms with Crippen LogP contribution < -0.4 is 11.5 Å². The summed E-state index contributed by atoms with van der Waals surface area (Å²) < 4.78 is 30.3. The number of nitrogen functional groups attached to an aromatic ring is 2. The lowest BCUT2D eigenvalue weighted by Gasteiger charge is -2.26. The Hall–Kier alpha value is -3.01. The van der Waals surface area contributed by atoms with Crippen molar-refractivity contribution in [2.45, 2.75) is 64.1 Å². The van der Waals surface area contributed by atoms with Gasteiger partial charge in [0.25, 0.3) is 0 Å². The molecule has 7 rings (SSSR count). The van der Waals surface area contributed by atoms with Crippen LogP contribution in [0.25, 0.3) is 21.9 Å². The van der Waals surface area contributed by atoms with E-state index in [1.165, 1.54) is 12.4 Å². The van der Waals surface area contributed by atoms with Gasteiger partial charge in [-0.15, -0.1) is 0 Å². The highest BCUT2D eigenvalue weighted by atomic mass is 35.5. The highest BCUT2D eigenvalue weighted by molar-refractivity contribution is 6.33. The summed E-state index contributed by atoms with van der Waals surface area (Å²) >= 11 is 6.06. The van der Waals surface area contributed by atoms with Crippen molar-refractivity contribution in [2.75, 3.05) is 11.5 Å². The molecule has 3 aromatic heterocycles. The van der Waals surface area contributed by atoms with Gasteiger partial charge >= 0.3 is 0 Å². The fraction of sp³-hybridized carbons (Fsp3) is 0.444. The molecule has 3 fully saturated rings. The van der Waals surface area contributed by atoms with Gasteiger partial charge in [-0.1, -0.05) is 11.6 Å². The minimum atomic E-state index is -0.686. The number of nitrogens with zero attached hydrogens (tertiary/aromatic N) is 4. The quantitative estimate of drug-likeness (QED) is 0.389. The van der Waals surface area contributed by atoms with Crippen LogP contribution in [0.1, 0.15) is 44.0 Å². The smallest absolute Gasteiger partial charge is 0.163 e. The van der Waals surface area contributed by atoms with Crippen molar-refractivity contribution < 1.29 is 13.9 Å². The largest absolute Gasteiger partial charge is 0.383 e. The standard InChI is InChI=1S/C27H28ClFN6O2/c1-12-6-15-23(30)32-11-33-25(15)35(12)20-16-10-27(16,22-21(20)36-26(2,3)37-22)5-4-13-7-18(29)14-9-17(28)24(31)34-19(14)8-13/h6-9,11,16,20-22H,4-5,10H2,1-3H3,(H2,31,34)(H2,30,32,33)/t16-,20-,21+,22+,27?/m1/s1. The van der Waals surface area contributed by atoms with Crippen molar-refractivity contribution in [3.63, 3.8) is 0 Å². The number of nitrogens with two attached hydrogens (primary N) is 2. The zero-order valence-electron chi connectivity index (χ0n) is 20.8. The summed E-state index contributed by atoms with van der Waals surface area (Å²) in [6.07, 6.45) is 3.88. The lowest BCUT2D eigenvalue weighted by molar-refractivity contribution is -0.161. The fourth-order valence-corrected chi connectivity index (χ4v) is 7.11. The van der Waals surface area contributed by atoms with Gasteiger partial charge in [0.2, 0.25) is 0 Å². The van der Waals surface area contributed by atoms with Gasteiger partial charge in [0.15, 0.2) is 5.79 Å². The van der Waals surface area contributed by atoms with E-state index in [0.717, 1.165) is 35.1 Å². The van der Waals surface area contributed by atoms with Gasteiger partial charge in [-0.25, -0.2) is 19.3 Å². The van der Waals surface area contributed by atoms with Crippen LogP contribution in [0, 0.1) is 24.1 Å². The number of anilines is 2. The molecule has 1 aromatic carbocycles. The molecule has 2 saturated carbocycles. The second kappa shape index (κ2) is 7.52. The highest BCUT2D eigenvalue weighted by Crippen LogP contribution is 2.73. The minimum Gasteiger partial charge on any atom is -0.383 e. The van der Waals surface area contributed by atoms with Crippen LogP contribution >= 0.6 is 11.6 Å². The zero-order chi connectivity index (χ0) is 25.9. The summed E-state index contributed by atoms with van der Waals surface area (Å²) in [5, 5.41) is 1.48. The van der Waals surface area contributed by atoms with E-state index in [1.807, 2.05) is 26.0 Å². The molecular formula is C27H28ClFN6O2. The predicted octanol–water partition coefficient (Wildman–Crippen LogP) is 4.96. The molecular weight excluding hydrogens is 495 g/mol. The molecule has 4 aromatic rings. The van der Waals surface area contributed by atoms with Crippen molar-refractivity contribution in [3.05, 3.63) is 52.7 Å². The number of fused-ring (bicyclic) bond motifs is 5. The molecule has 3 aliphatic rings. The van der Waals surface area contributed by atoms with Crippen LogP contribution in [0.2, 0.25) is 5.02 Å². The average Bonchev–Trinajstić information content (AvgIpc) is 3.20. The SMILES string of the molecule is Cc1cc2c(N)ncnc2n1[C@H]1[C@@H]2OC(C)(C)O[C@@H]2C2(CCc3cc(F)c4cc(Cl)c(N)nc4c3)C[C@H]12. The summed E-state index contributed by atoms with van der Waals surface area (Å²) in [6.45, 7) is 6.00. The molecule has 10 heteroatoms. The molecule has 1 saturated heterocycles. The molecule has 8 nitrogen and oxygen atoms in total. The Morgan fingerprint density at radius 2 is 1.92 bits per heavy atom. The first-order valence-electron chi connectivity index (χ1n) is 12.6. The summed E-state index contributed by atoms with van der Waals surface area (Å²) in [5.41, 5.74) is 15.3. The third-order valence-corrected chi connectivity index (χ3v) is 8.88. The zero-order valence-corrected chi connectivity index (χ0v) is 21.6. The normalized spacial score (nSPS) is 29.6. The molecule has 0 spiro atoms. The maximum absolute atomic E-state index is 14.9. The first kappa shape index (κ1) is 23.1. The maximum Gasteiger partial charge on any atom is 0.163 e. The Kier molecular flexibility index (Phi) is 4.70. The molecule has 1 unspecified atom stereocenters. The van der Waals surface area contributed by atoms with E-state index in [1.54, 1.807) is 6.07 Å². The molecule has 4 heterocycles. The minimum absolute atomic E-state index is 0.0635. The number of pyridine rings is 1. The highest BCUT2D eigenvalue weighted by Gasteiger charge is 2.75. The fourth-order valence-electron chi connectivity index (χ4n) is 6.96. The lowest BCUT2D eigenvalue weighted by atomic mass is 9.91. The van der Waals surface area contributed by atoms with Gasteiger partial charge in [-0.3, -0.25) is 0 Å². The number of aryl methyl sites for hydroxylation is 2. The third kappa shape index (κ3) is 3.30. The number of aromatic nitrogens is 4. The van der Waals surface area contributed by atoms with E-state index < -0.39 is 5.79 Å². The molecule has 37 heavy (non-hydrogen) atoms. The molecule has 192 valence electrons. The first-order chi connectivity index (χ1) is 17.6. The summed E-state index contributed by atoms with van der Waals surface area (Å²) in [6, 6.07) is 7.13. The van der Waals surface area contributed by atoms with E-state index in [-0.39, 0.29) is 40.3 Å². The van der Waals surface area contributed by atoms with Crippen molar-refractivity contribution in [2.24, 2.45) is 11.3 Å². The Labute approximate surface area is 218 Å². The number of halogens is 2. The van der Waals surface area contributed by atoms with Crippen LogP contribution in [-0.2, 0) is 15.9 Å². The van der Waals surface area contributed by atoms with Crippen LogP contribution in [0.15, 0.2) is 30.6 Å². The van der Waals surface area contributed by atoms with Gasteiger partial charge in [0.05, 0.1) is 28.1 Å². The lowest BCUT2D eigenvalue weighted by Crippen LogP contribution is -2.32. The second-order valence-electron chi connectivity index (χ2n) is 11.2. The number of benzene rings is 1. The van der Waals surface area contributed by atoms with Crippen molar-refractivity contribution in [1.82, 2.24) is 19.5 Å². The van der Waals surface area contributed by atoms with Crippen LogP contribution in [-0.4, -0.2) is 37.5 Å². The molecule has 0 amide bonds. The predicted molar refractivity (Wildman–Crippen MR) is 140 cm³/mol. The molecule has 2 aliphatic carbocycles. The van der Waals surface area contributed by atoms with E-state index in [0.29, 0.717) is 29.1 Å². The van der Waals surface area contributed by atoms with Crippen molar-refractivity contribution in [1.29, 1.82) is 0 Å². The van der Waals surface area contributed by atoms with Crippen molar-refractivity contribution >= 4 is 45.2 Å². The van der Waals surface area contributed by atoms with E-state index in [2.05, 4.69) is 26.4 Å². The molecule has 0 radical (unpaired) electrons. The maximum atomic E-state index is 14.9. The van der Waals surface area contributed by atoms with E-state index >= 15 is 0 Å². The average molecular weight is 523 g/mol. The Morgan fingerprint density at radius 3 is 2.73 bits per heavy atom. The van der Waals surface area contributed by atoms with Gasteiger partial charge in [0, 0.05) is 16.5 Å². The van der Waals surface area contributed by atoms with E-state index in [4.69, 9.17) is 32.5 Å². The second-order valence-corrected chi connectivity index (χ2v) is 11.6. The first-order valence-corrected chi connectivity index (χ1v) is 12.9.